The largest absolute Gasteiger partial charge is 0.417 e. The molecule has 1 aliphatic carbocycles. The van der Waals surface area contributed by atoms with Crippen molar-refractivity contribution in [3.8, 4) is 0 Å². The fourth-order valence-corrected chi connectivity index (χ4v) is 4.71. The fraction of sp³-hybridized carbons (Fsp3) is 0.609. The van der Waals surface area contributed by atoms with E-state index in [1.807, 2.05) is 6.92 Å². The Morgan fingerprint density at radius 3 is 2.84 bits per heavy atom. The smallest absolute Gasteiger partial charge is 0.354 e. The van der Waals surface area contributed by atoms with E-state index in [9.17, 15) is 18.0 Å². The summed E-state index contributed by atoms with van der Waals surface area (Å²) in [5, 5.41) is 11.3. The molecule has 2 atom stereocenters. The van der Waals surface area contributed by atoms with E-state index >= 15 is 0 Å². The molecule has 1 saturated heterocycles. The number of halogens is 3. The first-order valence-corrected chi connectivity index (χ1v) is 11.4. The number of hydrogen-bond donors (Lipinski definition) is 1. The van der Waals surface area contributed by atoms with Crippen LogP contribution in [0.3, 0.4) is 0 Å². The summed E-state index contributed by atoms with van der Waals surface area (Å²) in [4.78, 5) is 14.8. The van der Waals surface area contributed by atoms with Crippen molar-refractivity contribution < 1.29 is 18.0 Å². The highest BCUT2D eigenvalue weighted by molar-refractivity contribution is 5.81. The molecule has 6 nitrogen and oxygen atoms in total. The lowest BCUT2D eigenvalue weighted by Gasteiger charge is -2.35. The first kappa shape index (κ1) is 22.8. The number of aromatic nitrogens is 3. The zero-order chi connectivity index (χ0) is 22.7. The number of allylic oxidation sites excluding steroid dienone is 1. The highest BCUT2D eigenvalue weighted by atomic mass is 19.4. The number of alkyl halides is 3. The average molecular weight is 450 g/mol. The number of piperidine rings is 1. The Morgan fingerprint density at radius 2 is 2.09 bits per heavy atom. The number of fused-ring (bicyclic) bond motifs is 1. The second kappa shape index (κ2) is 9.60. The van der Waals surface area contributed by atoms with Gasteiger partial charge in [-0.1, -0.05) is 11.6 Å². The monoisotopic (exact) mass is 449 g/mol. The van der Waals surface area contributed by atoms with Crippen LogP contribution in [0, 0.1) is 0 Å². The van der Waals surface area contributed by atoms with Gasteiger partial charge in [0.25, 0.3) is 0 Å². The van der Waals surface area contributed by atoms with Gasteiger partial charge in [-0.3, -0.25) is 14.1 Å². The summed E-state index contributed by atoms with van der Waals surface area (Å²) in [7, 11) is 0. The molecule has 2 aliphatic rings. The fourth-order valence-electron chi connectivity index (χ4n) is 4.71. The molecule has 0 saturated carbocycles. The van der Waals surface area contributed by atoms with Crippen molar-refractivity contribution in [1.82, 2.24) is 24.8 Å². The lowest BCUT2D eigenvalue weighted by molar-refractivity contribution is -0.137. The zero-order valence-electron chi connectivity index (χ0n) is 18.4. The van der Waals surface area contributed by atoms with Crippen LogP contribution in [0.1, 0.15) is 69.2 Å². The number of likely N-dealkylation sites (tertiary alicyclic amines) is 1. The predicted octanol–water partition coefficient (Wildman–Crippen LogP) is 4.32. The molecule has 2 aromatic heterocycles. The molecule has 1 amide bonds. The minimum absolute atomic E-state index is 0.00693. The van der Waals surface area contributed by atoms with Gasteiger partial charge in [-0.05, 0) is 70.5 Å². The van der Waals surface area contributed by atoms with Crippen molar-refractivity contribution in [3.63, 3.8) is 0 Å². The third-order valence-corrected chi connectivity index (χ3v) is 6.63. The third-order valence-electron chi connectivity index (χ3n) is 6.63. The topological polar surface area (TPSA) is 62.5 Å². The Morgan fingerprint density at radius 1 is 1.25 bits per heavy atom. The van der Waals surface area contributed by atoms with Crippen molar-refractivity contribution >= 4 is 11.6 Å². The summed E-state index contributed by atoms with van der Waals surface area (Å²) in [6.07, 6.45) is 6.23. The standard InChI is InChI=1S/C23H30F3N5O/c1-16(22(32)27-12-11-17-6-3-2-4-7-17)30-13-5-8-18(14-30)21-29-28-20-10-9-19(15-31(20)21)23(24,25)26/h6,9-10,15-16,18H,2-5,7-8,11-14H2,1H3,(H,27,32). The maximum atomic E-state index is 13.2. The Balaban J connectivity index is 1.39. The summed E-state index contributed by atoms with van der Waals surface area (Å²) in [5.74, 6) is 0.435. The van der Waals surface area contributed by atoms with Crippen molar-refractivity contribution in [2.45, 2.75) is 70.0 Å². The van der Waals surface area contributed by atoms with Gasteiger partial charge in [0.1, 0.15) is 5.82 Å². The summed E-state index contributed by atoms with van der Waals surface area (Å²) < 4.78 is 40.9. The molecule has 32 heavy (non-hydrogen) atoms. The van der Waals surface area contributed by atoms with Crippen LogP contribution in [0.4, 0.5) is 13.2 Å². The lowest BCUT2D eigenvalue weighted by Crippen LogP contribution is -2.49. The van der Waals surface area contributed by atoms with Crippen LogP contribution in [0.25, 0.3) is 5.65 Å². The van der Waals surface area contributed by atoms with Gasteiger partial charge in [0, 0.05) is 25.2 Å². The molecule has 0 bridgehead atoms. The lowest BCUT2D eigenvalue weighted by atomic mass is 9.95. The van der Waals surface area contributed by atoms with E-state index in [0.29, 0.717) is 24.6 Å². The Kier molecular flexibility index (Phi) is 6.83. The van der Waals surface area contributed by atoms with Crippen LogP contribution in [-0.2, 0) is 11.0 Å². The Hall–Kier alpha value is -2.42. The van der Waals surface area contributed by atoms with Crippen LogP contribution < -0.4 is 5.32 Å². The van der Waals surface area contributed by atoms with Gasteiger partial charge < -0.3 is 5.32 Å². The van der Waals surface area contributed by atoms with Gasteiger partial charge in [0.2, 0.25) is 5.91 Å². The molecule has 2 aromatic rings. The number of rotatable bonds is 6. The van der Waals surface area contributed by atoms with Crippen LogP contribution in [0.15, 0.2) is 30.0 Å². The summed E-state index contributed by atoms with van der Waals surface area (Å²) >= 11 is 0. The predicted molar refractivity (Wildman–Crippen MR) is 115 cm³/mol. The molecule has 0 spiro atoms. The number of pyridine rings is 1. The second-order valence-corrected chi connectivity index (χ2v) is 8.86. The maximum Gasteiger partial charge on any atom is 0.417 e. The number of carbonyl (C=O) groups is 1. The molecule has 1 fully saturated rings. The molecule has 3 heterocycles. The van der Waals surface area contributed by atoms with Crippen LogP contribution in [0.2, 0.25) is 0 Å². The molecule has 1 N–H and O–H groups in total. The number of amides is 1. The molecular weight excluding hydrogens is 419 g/mol. The van der Waals surface area contributed by atoms with E-state index in [4.69, 9.17) is 0 Å². The van der Waals surface area contributed by atoms with Crippen LogP contribution in [0.5, 0.6) is 0 Å². The van der Waals surface area contributed by atoms with Crippen molar-refractivity contribution in [1.29, 1.82) is 0 Å². The maximum absolute atomic E-state index is 13.2. The van der Waals surface area contributed by atoms with E-state index < -0.39 is 11.7 Å². The minimum atomic E-state index is -4.42. The van der Waals surface area contributed by atoms with Gasteiger partial charge in [0.05, 0.1) is 11.6 Å². The van der Waals surface area contributed by atoms with Crippen LogP contribution >= 0.6 is 0 Å². The molecule has 4 rings (SSSR count). The van der Waals surface area contributed by atoms with Crippen molar-refractivity contribution in [2.75, 3.05) is 19.6 Å². The second-order valence-electron chi connectivity index (χ2n) is 8.86. The molecule has 2 unspecified atom stereocenters. The van der Waals surface area contributed by atoms with Gasteiger partial charge >= 0.3 is 6.18 Å². The normalized spacial score (nSPS) is 21.4. The summed E-state index contributed by atoms with van der Waals surface area (Å²) in [5.41, 5.74) is 1.10. The van der Waals surface area contributed by atoms with Crippen LogP contribution in [-0.4, -0.2) is 51.1 Å². The Bertz CT molecular complexity index is 984. The van der Waals surface area contributed by atoms with E-state index in [-0.39, 0.29) is 17.9 Å². The molecule has 1 aliphatic heterocycles. The van der Waals surface area contributed by atoms with Gasteiger partial charge in [-0.25, -0.2) is 0 Å². The zero-order valence-corrected chi connectivity index (χ0v) is 18.4. The number of nitrogens with zero attached hydrogens (tertiary/aromatic N) is 4. The van der Waals surface area contributed by atoms with Crippen molar-refractivity contribution in [2.24, 2.45) is 0 Å². The summed E-state index contributed by atoms with van der Waals surface area (Å²) in [6, 6.07) is 2.07. The molecule has 0 aromatic carbocycles. The van der Waals surface area contributed by atoms with E-state index in [1.165, 1.54) is 28.9 Å². The van der Waals surface area contributed by atoms with E-state index in [2.05, 4.69) is 26.5 Å². The highest BCUT2D eigenvalue weighted by Gasteiger charge is 2.33. The molecular formula is C23H30F3N5O. The number of hydrogen-bond acceptors (Lipinski definition) is 4. The van der Waals surface area contributed by atoms with Crippen molar-refractivity contribution in [3.05, 3.63) is 41.4 Å². The first-order valence-electron chi connectivity index (χ1n) is 11.4. The summed E-state index contributed by atoms with van der Waals surface area (Å²) in [6.45, 7) is 3.88. The highest BCUT2D eigenvalue weighted by Crippen LogP contribution is 2.31. The minimum Gasteiger partial charge on any atom is -0.354 e. The van der Waals surface area contributed by atoms with Gasteiger partial charge in [-0.2, -0.15) is 13.2 Å². The third kappa shape index (κ3) is 5.14. The Labute approximate surface area is 185 Å². The average Bonchev–Trinajstić information content (AvgIpc) is 3.22. The van der Waals surface area contributed by atoms with Gasteiger partial charge in [0.15, 0.2) is 5.65 Å². The SMILES string of the molecule is CC(C(=O)NCCC1=CCCCC1)N1CCCC(c2nnc3ccc(C(F)(F)F)cn23)C1. The molecule has 9 heteroatoms. The first-order chi connectivity index (χ1) is 15.3. The van der Waals surface area contributed by atoms with E-state index in [0.717, 1.165) is 50.9 Å². The molecule has 174 valence electrons. The number of nitrogens with one attached hydrogen (secondary N) is 1. The van der Waals surface area contributed by atoms with E-state index in [1.54, 1.807) is 0 Å². The number of carbonyl (C=O) groups excluding carboxylic acids is 1. The molecule has 0 radical (unpaired) electrons. The quantitative estimate of drug-likeness (QED) is 0.667. The van der Waals surface area contributed by atoms with Gasteiger partial charge in [-0.15, -0.1) is 10.2 Å².